The minimum Gasteiger partial charge on any atom is -0.481 e. The van der Waals surface area contributed by atoms with E-state index in [4.69, 9.17) is 10.00 Å². The van der Waals surface area contributed by atoms with Crippen molar-refractivity contribution in [3.05, 3.63) is 23.9 Å². The summed E-state index contributed by atoms with van der Waals surface area (Å²) >= 11 is 0. The molecule has 4 heteroatoms. The summed E-state index contributed by atoms with van der Waals surface area (Å²) in [5, 5.41) is 12.1. The fraction of sp³-hybridized carbons (Fsp3) is 0.538. The third kappa shape index (κ3) is 2.95. The predicted molar refractivity (Wildman–Crippen MR) is 64.4 cm³/mol. The van der Waals surface area contributed by atoms with Crippen LogP contribution in [0.25, 0.3) is 0 Å². The molecule has 1 aliphatic rings. The van der Waals surface area contributed by atoms with E-state index >= 15 is 0 Å². The van der Waals surface area contributed by atoms with Gasteiger partial charge in [-0.3, -0.25) is 0 Å². The zero-order chi connectivity index (χ0) is 12.1. The third-order valence-electron chi connectivity index (χ3n) is 3.27. The number of aromatic nitrogens is 1. The van der Waals surface area contributed by atoms with Crippen LogP contribution in [0.4, 0.5) is 0 Å². The van der Waals surface area contributed by atoms with Gasteiger partial charge in [0.25, 0.3) is 0 Å². The molecule has 90 valence electrons. The smallest absolute Gasteiger partial charge is 0.217 e. The first kappa shape index (κ1) is 11.9. The zero-order valence-corrected chi connectivity index (χ0v) is 10.1. The zero-order valence-electron chi connectivity index (χ0n) is 10.1. The average molecular weight is 231 g/mol. The van der Waals surface area contributed by atoms with Crippen LogP contribution in [0.5, 0.6) is 5.88 Å². The number of hydrogen-bond acceptors (Lipinski definition) is 4. The van der Waals surface area contributed by atoms with E-state index in [1.165, 1.54) is 0 Å². The van der Waals surface area contributed by atoms with E-state index in [0.717, 1.165) is 31.5 Å². The van der Waals surface area contributed by atoms with Crippen LogP contribution >= 0.6 is 0 Å². The molecule has 0 saturated heterocycles. The minimum absolute atomic E-state index is 0.240. The lowest BCUT2D eigenvalue weighted by Crippen LogP contribution is -2.23. The van der Waals surface area contributed by atoms with E-state index < -0.39 is 0 Å². The van der Waals surface area contributed by atoms with Crippen molar-refractivity contribution in [1.82, 2.24) is 10.3 Å². The van der Waals surface area contributed by atoms with Crippen LogP contribution in [0.2, 0.25) is 0 Å². The number of nitrogens with zero attached hydrogens (tertiary/aromatic N) is 2. The fourth-order valence-corrected chi connectivity index (χ4v) is 1.97. The molecule has 0 bridgehead atoms. The monoisotopic (exact) mass is 231 g/mol. The van der Waals surface area contributed by atoms with Gasteiger partial charge in [-0.2, -0.15) is 5.26 Å². The summed E-state index contributed by atoms with van der Waals surface area (Å²) < 4.78 is 5.19. The van der Waals surface area contributed by atoms with Crippen LogP contribution < -0.4 is 10.1 Å². The van der Waals surface area contributed by atoms with Crippen LogP contribution in [0, 0.1) is 16.7 Å². The van der Waals surface area contributed by atoms with E-state index in [1.54, 1.807) is 13.3 Å². The summed E-state index contributed by atoms with van der Waals surface area (Å²) in [6.45, 7) is 1.64. The summed E-state index contributed by atoms with van der Waals surface area (Å²) in [7, 11) is 1.63. The Morgan fingerprint density at radius 1 is 1.59 bits per heavy atom. The van der Waals surface area contributed by atoms with E-state index in [9.17, 15) is 0 Å². The molecule has 1 aromatic heterocycles. The molecule has 0 radical (unpaired) electrons. The number of nitrogens with one attached hydrogen (secondary N) is 1. The molecule has 17 heavy (non-hydrogen) atoms. The van der Waals surface area contributed by atoms with Crippen molar-refractivity contribution in [3.8, 4) is 11.9 Å². The lowest BCUT2D eigenvalue weighted by molar-refractivity contribution is 0.387. The van der Waals surface area contributed by atoms with Gasteiger partial charge < -0.3 is 10.1 Å². The van der Waals surface area contributed by atoms with Crippen LogP contribution in [-0.2, 0) is 6.54 Å². The molecule has 1 aromatic rings. The van der Waals surface area contributed by atoms with E-state index in [2.05, 4.69) is 16.4 Å². The summed E-state index contributed by atoms with van der Waals surface area (Å²) in [6.07, 6.45) is 4.71. The van der Waals surface area contributed by atoms with Crippen LogP contribution in [0.15, 0.2) is 18.3 Å². The number of hydrogen-bond donors (Lipinski definition) is 1. The number of nitriles is 1. The second kappa shape index (κ2) is 5.15. The molecular formula is C13H17N3O. The summed E-state index contributed by atoms with van der Waals surface area (Å²) in [4.78, 5) is 4.15. The molecule has 0 atom stereocenters. The maximum Gasteiger partial charge on any atom is 0.217 e. The van der Waals surface area contributed by atoms with Gasteiger partial charge in [0, 0.05) is 31.3 Å². The first-order valence-corrected chi connectivity index (χ1v) is 5.85. The molecule has 1 N–H and O–H groups in total. The highest BCUT2D eigenvalue weighted by Gasteiger charge is 2.41. The Kier molecular flexibility index (Phi) is 3.60. The SMILES string of the molecule is COc1ncccc1CNCC1(CC#N)CC1. The molecule has 1 heterocycles. The minimum atomic E-state index is 0.240. The first-order chi connectivity index (χ1) is 8.29. The van der Waals surface area contributed by atoms with E-state index in [0.29, 0.717) is 12.3 Å². The Labute approximate surface area is 102 Å². The van der Waals surface area contributed by atoms with Crippen molar-refractivity contribution < 1.29 is 4.74 Å². The van der Waals surface area contributed by atoms with Gasteiger partial charge >= 0.3 is 0 Å². The third-order valence-corrected chi connectivity index (χ3v) is 3.27. The number of ether oxygens (including phenoxy) is 1. The summed E-state index contributed by atoms with van der Waals surface area (Å²) in [5.41, 5.74) is 1.30. The molecule has 0 aromatic carbocycles. The van der Waals surface area contributed by atoms with Crippen LogP contribution in [0.1, 0.15) is 24.8 Å². The van der Waals surface area contributed by atoms with Gasteiger partial charge in [0.05, 0.1) is 13.2 Å². The highest BCUT2D eigenvalue weighted by atomic mass is 16.5. The molecule has 1 fully saturated rings. The van der Waals surface area contributed by atoms with Crippen LogP contribution in [0.3, 0.4) is 0 Å². The molecule has 0 aliphatic heterocycles. The Morgan fingerprint density at radius 3 is 3.06 bits per heavy atom. The molecule has 1 saturated carbocycles. The largest absolute Gasteiger partial charge is 0.481 e. The van der Waals surface area contributed by atoms with Gasteiger partial charge in [0.2, 0.25) is 5.88 Å². The maximum absolute atomic E-state index is 8.73. The van der Waals surface area contributed by atoms with Crippen LogP contribution in [-0.4, -0.2) is 18.6 Å². The molecule has 4 nitrogen and oxygen atoms in total. The lowest BCUT2D eigenvalue weighted by atomic mass is 10.0. The summed E-state index contributed by atoms with van der Waals surface area (Å²) in [6, 6.07) is 6.17. The quantitative estimate of drug-likeness (QED) is 0.812. The standard InChI is InChI=1S/C13H17N3O/c1-17-12-11(3-2-8-16-12)9-15-10-13(4-5-13)6-7-14/h2-3,8,15H,4-6,9-10H2,1H3. The molecular weight excluding hydrogens is 214 g/mol. The second-order valence-electron chi connectivity index (χ2n) is 4.61. The normalized spacial score (nSPS) is 16.2. The van der Waals surface area contributed by atoms with Crippen molar-refractivity contribution in [2.24, 2.45) is 5.41 Å². The van der Waals surface area contributed by atoms with Gasteiger partial charge in [-0.1, -0.05) is 6.07 Å². The van der Waals surface area contributed by atoms with Gasteiger partial charge in [-0.25, -0.2) is 4.98 Å². The Morgan fingerprint density at radius 2 is 2.41 bits per heavy atom. The Hall–Kier alpha value is -1.60. The Balaban J connectivity index is 1.84. The van der Waals surface area contributed by atoms with E-state index in [-0.39, 0.29) is 5.41 Å². The van der Waals surface area contributed by atoms with Crippen molar-refractivity contribution >= 4 is 0 Å². The predicted octanol–water partition coefficient (Wildman–Crippen LogP) is 1.87. The highest BCUT2D eigenvalue weighted by Crippen LogP contribution is 2.47. The summed E-state index contributed by atoms with van der Waals surface area (Å²) in [5.74, 6) is 0.671. The van der Waals surface area contributed by atoms with Gasteiger partial charge in [-0.15, -0.1) is 0 Å². The van der Waals surface area contributed by atoms with Crippen molar-refractivity contribution in [3.63, 3.8) is 0 Å². The van der Waals surface area contributed by atoms with Crippen molar-refractivity contribution in [2.75, 3.05) is 13.7 Å². The number of pyridine rings is 1. The van der Waals surface area contributed by atoms with Crippen molar-refractivity contribution in [2.45, 2.75) is 25.8 Å². The van der Waals surface area contributed by atoms with E-state index in [1.807, 2.05) is 12.1 Å². The van der Waals surface area contributed by atoms with Crippen molar-refractivity contribution in [1.29, 1.82) is 5.26 Å². The lowest BCUT2D eigenvalue weighted by Gasteiger charge is -2.13. The molecule has 2 rings (SSSR count). The van der Waals surface area contributed by atoms with Gasteiger partial charge in [0.1, 0.15) is 0 Å². The Bertz CT molecular complexity index is 421. The highest BCUT2D eigenvalue weighted by molar-refractivity contribution is 5.25. The van der Waals surface area contributed by atoms with Gasteiger partial charge in [-0.05, 0) is 24.3 Å². The second-order valence-corrected chi connectivity index (χ2v) is 4.61. The molecule has 0 unspecified atom stereocenters. The first-order valence-electron chi connectivity index (χ1n) is 5.85. The molecule has 0 amide bonds. The molecule has 0 spiro atoms. The topological polar surface area (TPSA) is 57.9 Å². The number of rotatable bonds is 6. The maximum atomic E-state index is 8.73. The number of methoxy groups -OCH3 is 1. The molecule has 1 aliphatic carbocycles. The fourth-order valence-electron chi connectivity index (χ4n) is 1.97. The average Bonchev–Trinajstić information content (AvgIpc) is 3.10. The van der Waals surface area contributed by atoms with Gasteiger partial charge in [0.15, 0.2) is 0 Å².